The van der Waals surface area contributed by atoms with E-state index in [-0.39, 0.29) is 5.91 Å². The Bertz CT molecular complexity index is 613. The molecule has 0 bridgehead atoms. The number of carbonyl (C=O) groups excluding carboxylic acids is 1. The van der Waals surface area contributed by atoms with E-state index in [1.807, 2.05) is 42.3 Å². The average Bonchev–Trinajstić information content (AvgIpc) is 2.54. The molecule has 116 valence electrons. The van der Waals surface area contributed by atoms with Crippen molar-refractivity contribution in [2.75, 3.05) is 18.5 Å². The van der Waals surface area contributed by atoms with Crippen LogP contribution < -0.4 is 10.2 Å². The van der Waals surface area contributed by atoms with Crippen LogP contribution in [0.1, 0.15) is 30.8 Å². The first-order valence-corrected chi connectivity index (χ1v) is 7.48. The number of nitrogens with one attached hydrogen (secondary N) is 1. The first-order chi connectivity index (χ1) is 10.6. The predicted octanol–water partition coefficient (Wildman–Crippen LogP) is 3.02. The van der Waals surface area contributed by atoms with Gasteiger partial charge in [-0.1, -0.05) is 32.0 Å². The molecule has 22 heavy (non-hydrogen) atoms. The van der Waals surface area contributed by atoms with Crippen molar-refractivity contribution in [1.29, 1.82) is 0 Å². The van der Waals surface area contributed by atoms with Gasteiger partial charge in [0.25, 0.3) is 5.91 Å². The summed E-state index contributed by atoms with van der Waals surface area (Å²) in [4.78, 5) is 22.6. The van der Waals surface area contributed by atoms with E-state index in [4.69, 9.17) is 0 Å². The van der Waals surface area contributed by atoms with Crippen LogP contribution in [-0.4, -0.2) is 29.5 Å². The summed E-state index contributed by atoms with van der Waals surface area (Å²) < 4.78 is 0. The number of benzene rings is 1. The maximum absolute atomic E-state index is 12.1. The molecule has 1 aromatic carbocycles. The summed E-state index contributed by atoms with van der Waals surface area (Å²) in [6.45, 7) is 4.91. The standard InChI is InChI=1S/C17H22N4O/c1-13(2)9-11-18-16(22)15-10-12-19-17(20-15)21(3)14-7-5-4-6-8-14/h4-8,10,12-13H,9,11H2,1-3H3,(H,18,22). The van der Waals surface area contributed by atoms with Crippen molar-refractivity contribution in [3.05, 3.63) is 48.3 Å². The van der Waals surface area contributed by atoms with E-state index in [9.17, 15) is 4.79 Å². The number of aromatic nitrogens is 2. The van der Waals surface area contributed by atoms with Crippen molar-refractivity contribution < 1.29 is 4.79 Å². The molecule has 2 aromatic rings. The van der Waals surface area contributed by atoms with Gasteiger partial charge in [-0.3, -0.25) is 4.79 Å². The van der Waals surface area contributed by atoms with E-state index >= 15 is 0 Å². The molecule has 5 nitrogen and oxygen atoms in total. The second-order valence-corrected chi connectivity index (χ2v) is 5.57. The van der Waals surface area contributed by atoms with Crippen LogP contribution in [0.5, 0.6) is 0 Å². The summed E-state index contributed by atoms with van der Waals surface area (Å²) in [5.74, 6) is 0.902. The molecule has 0 saturated carbocycles. The Morgan fingerprint density at radius 3 is 2.64 bits per heavy atom. The summed E-state index contributed by atoms with van der Waals surface area (Å²) in [7, 11) is 1.88. The van der Waals surface area contributed by atoms with Crippen molar-refractivity contribution in [2.45, 2.75) is 20.3 Å². The van der Waals surface area contributed by atoms with Crippen LogP contribution in [0, 0.1) is 5.92 Å². The number of amides is 1. The Kier molecular flexibility index (Phi) is 5.47. The van der Waals surface area contributed by atoms with Gasteiger partial charge in [0, 0.05) is 25.5 Å². The lowest BCUT2D eigenvalue weighted by Gasteiger charge is -2.17. The molecular weight excluding hydrogens is 276 g/mol. The lowest BCUT2D eigenvalue weighted by molar-refractivity contribution is 0.0947. The fourth-order valence-corrected chi connectivity index (χ4v) is 1.97. The molecule has 0 aliphatic rings. The zero-order valence-corrected chi connectivity index (χ0v) is 13.3. The summed E-state index contributed by atoms with van der Waals surface area (Å²) in [6.07, 6.45) is 2.56. The molecule has 1 aromatic heterocycles. The second kappa shape index (κ2) is 7.54. The summed E-state index contributed by atoms with van der Waals surface area (Å²) in [5.41, 5.74) is 1.36. The lowest BCUT2D eigenvalue weighted by Crippen LogP contribution is -2.27. The van der Waals surface area contributed by atoms with Crippen LogP contribution in [0.3, 0.4) is 0 Å². The quantitative estimate of drug-likeness (QED) is 0.890. The Hall–Kier alpha value is -2.43. The van der Waals surface area contributed by atoms with Crippen LogP contribution in [0.15, 0.2) is 42.6 Å². The van der Waals surface area contributed by atoms with Gasteiger partial charge >= 0.3 is 0 Å². The van der Waals surface area contributed by atoms with Gasteiger partial charge in [-0.05, 0) is 30.5 Å². The number of hydrogen-bond donors (Lipinski definition) is 1. The smallest absolute Gasteiger partial charge is 0.270 e. The average molecular weight is 298 g/mol. The SMILES string of the molecule is CC(C)CCNC(=O)c1ccnc(N(C)c2ccccc2)n1. The predicted molar refractivity (Wildman–Crippen MR) is 88.3 cm³/mol. The number of rotatable bonds is 6. The molecular formula is C17H22N4O. The highest BCUT2D eigenvalue weighted by Crippen LogP contribution is 2.18. The van der Waals surface area contributed by atoms with Crippen molar-refractivity contribution in [3.8, 4) is 0 Å². The zero-order valence-electron chi connectivity index (χ0n) is 13.3. The first kappa shape index (κ1) is 15.9. The Balaban J connectivity index is 2.08. The van der Waals surface area contributed by atoms with Crippen molar-refractivity contribution in [2.24, 2.45) is 5.92 Å². The molecule has 1 amide bonds. The number of nitrogens with zero attached hydrogens (tertiary/aromatic N) is 3. The largest absolute Gasteiger partial charge is 0.351 e. The van der Waals surface area contributed by atoms with E-state index < -0.39 is 0 Å². The van der Waals surface area contributed by atoms with E-state index in [1.165, 1.54) is 0 Å². The second-order valence-electron chi connectivity index (χ2n) is 5.57. The topological polar surface area (TPSA) is 58.1 Å². The lowest BCUT2D eigenvalue weighted by atomic mass is 10.1. The molecule has 0 aliphatic carbocycles. The summed E-state index contributed by atoms with van der Waals surface area (Å²) in [5, 5.41) is 2.89. The number of anilines is 2. The highest BCUT2D eigenvalue weighted by Gasteiger charge is 2.11. The van der Waals surface area contributed by atoms with E-state index in [1.54, 1.807) is 12.3 Å². The maximum Gasteiger partial charge on any atom is 0.270 e. The van der Waals surface area contributed by atoms with E-state index in [2.05, 4.69) is 29.1 Å². The molecule has 0 atom stereocenters. The Labute approximate surface area is 131 Å². The van der Waals surface area contributed by atoms with Crippen LogP contribution in [0.25, 0.3) is 0 Å². The zero-order chi connectivity index (χ0) is 15.9. The minimum Gasteiger partial charge on any atom is -0.351 e. The third-order valence-electron chi connectivity index (χ3n) is 3.33. The number of para-hydroxylation sites is 1. The fourth-order valence-electron chi connectivity index (χ4n) is 1.97. The van der Waals surface area contributed by atoms with Crippen molar-refractivity contribution in [3.63, 3.8) is 0 Å². The van der Waals surface area contributed by atoms with Gasteiger partial charge in [-0.25, -0.2) is 9.97 Å². The molecule has 0 aliphatic heterocycles. The van der Waals surface area contributed by atoms with Crippen LogP contribution in [0.4, 0.5) is 11.6 Å². The number of carbonyl (C=O) groups is 1. The van der Waals surface area contributed by atoms with Gasteiger partial charge < -0.3 is 10.2 Å². The third-order valence-corrected chi connectivity index (χ3v) is 3.33. The van der Waals surface area contributed by atoms with Gasteiger partial charge in [-0.2, -0.15) is 0 Å². The van der Waals surface area contributed by atoms with Gasteiger partial charge in [0.1, 0.15) is 5.69 Å². The van der Waals surface area contributed by atoms with Gasteiger partial charge in [0.05, 0.1) is 0 Å². The van der Waals surface area contributed by atoms with Crippen LogP contribution >= 0.6 is 0 Å². The van der Waals surface area contributed by atoms with Gasteiger partial charge in [-0.15, -0.1) is 0 Å². The summed E-state index contributed by atoms with van der Waals surface area (Å²) >= 11 is 0. The number of hydrogen-bond acceptors (Lipinski definition) is 4. The Morgan fingerprint density at radius 1 is 1.23 bits per heavy atom. The molecule has 0 radical (unpaired) electrons. The minimum atomic E-state index is -0.161. The van der Waals surface area contributed by atoms with E-state index in [0.717, 1.165) is 12.1 Å². The van der Waals surface area contributed by atoms with Gasteiger partial charge in [0.2, 0.25) is 5.95 Å². The van der Waals surface area contributed by atoms with Crippen molar-refractivity contribution in [1.82, 2.24) is 15.3 Å². The Morgan fingerprint density at radius 2 is 1.95 bits per heavy atom. The molecule has 0 saturated heterocycles. The summed E-state index contributed by atoms with van der Waals surface area (Å²) in [6, 6.07) is 11.4. The molecule has 0 spiro atoms. The normalized spacial score (nSPS) is 10.5. The molecule has 1 heterocycles. The highest BCUT2D eigenvalue weighted by atomic mass is 16.1. The highest BCUT2D eigenvalue weighted by molar-refractivity contribution is 5.92. The van der Waals surface area contributed by atoms with E-state index in [0.29, 0.717) is 24.1 Å². The maximum atomic E-state index is 12.1. The third kappa shape index (κ3) is 4.28. The van der Waals surface area contributed by atoms with Crippen LogP contribution in [0.2, 0.25) is 0 Å². The molecule has 5 heteroatoms. The van der Waals surface area contributed by atoms with Crippen molar-refractivity contribution >= 4 is 17.5 Å². The van der Waals surface area contributed by atoms with Crippen LogP contribution in [-0.2, 0) is 0 Å². The molecule has 1 N–H and O–H groups in total. The molecule has 0 fully saturated rings. The van der Waals surface area contributed by atoms with Gasteiger partial charge in [0.15, 0.2) is 0 Å². The monoisotopic (exact) mass is 298 g/mol. The minimum absolute atomic E-state index is 0.161. The fraction of sp³-hybridized carbons (Fsp3) is 0.353. The molecule has 0 unspecified atom stereocenters. The molecule has 2 rings (SSSR count). The first-order valence-electron chi connectivity index (χ1n) is 7.48.